The Bertz CT molecular complexity index is 3610. The van der Waals surface area contributed by atoms with E-state index in [-0.39, 0.29) is 16.6 Å². The fraction of sp³-hybridized carbons (Fsp3) is 0. The lowest BCUT2D eigenvalue weighted by atomic mass is 9.86. The summed E-state index contributed by atoms with van der Waals surface area (Å²) < 4.78 is 150. The fourth-order valence-corrected chi connectivity index (χ4v) is 6.61. The highest BCUT2D eigenvalue weighted by atomic mass is 16.3. The van der Waals surface area contributed by atoms with Crippen molar-refractivity contribution in [1.29, 1.82) is 0 Å². The van der Waals surface area contributed by atoms with Crippen LogP contribution in [-0.2, 0) is 0 Å². The summed E-state index contributed by atoms with van der Waals surface area (Å²) in [4.78, 5) is 0. The van der Waals surface area contributed by atoms with Gasteiger partial charge in [-0.25, -0.2) is 0 Å². The number of benzene rings is 9. The number of hydrogen-bond acceptors (Lipinski definition) is 1. The maximum atomic E-state index is 9.89. The summed E-state index contributed by atoms with van der Waals surface area (Å²) in [6.45, 7) is 0. The average Bonchev–Trinajstić information content (AvgIpc) is 3.65. The highest BCUT2D eigenvalue weighted by Crippen LogP contribution is 2.45. The number of fused-ring (bicyclic) bond motifs is 11. The third-order valence-electron chi connectivity index (χ3n) is 8.48. The van der Waals surface area contributed by atoms with Crippen molar-refractivity contribution in [3.63, 3.8) is 0 Å². The van der Waals surface area contributed by atoms with E-state index >= 15 is 0 Å². The molecule has 0 unspecified atom stereocenters. The molecular formula is C44H26O. The van der Waals surface area contributed by atoms with Crippen molar-refractivity contribution in [2.45, 2.75) is 0 Å². The van der Waals surface area contributed by atoms with E-state index in [4.69, 9.17) is 16.8 Å². The topological polar surface area (TPSA) is 13.1 Å². The molecule has 45 heavy (non-hydrogen) atoms. The molecule has 0 bridgehead atoms. The van der Waals surface area contributed by atoms with Crippen molar-refractivity contribution in [3.05, 3.63) is 157 Å². The van der Waals surface area contributed by atoms with Crippen LogP contribution < -0.4 is 0 Å². The van der Waals surface area contributed by atoms with Gasteiger partial charge in [-0.15, -0.1) is 0 Å². The van der Waals surface area contributed by atoms with E-state index in [1.807, 2.05) is 60.7 Å². The Balaban J connectivity index is 1.48. The van der Waals surface area contributed by atoms with Crippen LogP contribution in [0, 0.1) is 0 Å². The Morgan fingerprint density at radius 2 is 0.844 bits per heavy atom. The Morgan fingerprint density at radius 3 is 1.42 bits per heavy atom. The van der Waals surface area contributed by atoms with Gasteiger partial charge in [0.15, 0.2) is 0 Å². The number of furan rings is 1. The van der Waals surface area contributed by atoms with E-state index in [1.54, 1.807) is 0 Å². The first-order valence-corrected chi connectivity index (χ1v) is 14.2. The fourth-order valence-electron chi connectivity index (χ4n) is 6.61. The van der Waals surface area contributed by atoms with E-state index < -0.39 is 140 Å². The molecule has 0 amide bonds. The zero-order valence-corrected chi connectivity index (χ0v) is 23.2. The SMILES string of the molecule is [2H]c1c([2H])c([2H])c(-c2c3c([2H])c([2H])c([2H])c([2H])c3c(-c3c([2H])c([2H])c4oc5cc6c7ccccc7c7ccccc7c6cc5c4c3[2H])c3c([2H])c([2H])c([2H])c([2H])c23)c([2H])c1[2H]. The number of hydrogen-bond donors (Lipinski definition) is 0. The van der Waals surface area contributed by atoms with Gasteiger partial charge in [0.25, 0.3) is 0 Å². The molecule has 1 aromatic heterocycles. The molecule has 0 fully saturated rings. The first kappa shape index (κ1) is 13.8. The van der Waals surface area contributed by atoms with Crippen LogP contribution in [-0.4, -0.2) is 0 Å². The Hall–Kier alpha value is -5.92. The molecule has 0 atom stereocenters. The third kappa shape index (κ3) is 3.50. The molecule has 10 rings (SSSR count). The van der Waals surface area contributed by atoms with Gasteiger partial charge in [0.2, 0.25) is 0 Å². The Kier molecular flexibility index (Phi) is 2.85. The van der Waals surface area contributed by atoms with E-state index in [2.05, 4.69) is 0 Å². The summed E-state index contributed by atoms with van der Waals surface area (Å²) in [5.74, 6) is 0. The molecule has 0 radical (unpaired) electrons. The number of rotatable bonds is 2. The van der Waals surface area contributed by atoms with Crippen molar-refractivity contribution < 1.29 is 26.3 Å². The standard InChI is InChI=1S/C44H26O/c1-2-12-27(13-3-1)43-33-18-8-10-20-35(33)44(36-21-11-9-19-34(36)43)28-22-23-41-39(24-28)40-25-37-31-16-6-4-14-29(31)30-15-5-7-17-32(30)38(37)26-42(40)45-41/h1-26H/i1D,2D,3D,8D,9D,10D,11D,12D,13D,18D,19D,20D,21D,22D,23D,24D. The zero-order valence-electron chi connectivity index (χ0n) is 39.2. The van der Waals surface area contributed by atoms with Gasteiger partial charge in [0.05, 0.1) is 21.9 Å². The van der Waals surface area contributed by atoms with Crippen molar-refractivity contribution in [3.8, 4) is 22.3 Å². The molecule has 0 aliphatic heterocycles. The van der Waals surface area contributed by atoms with Gasteiger partial charge in [-0.05, 0) is 100 Å². The largest absolute Gasteiger partial charge is 0.456 e. The van der Waals surface area contributed by atoms with Gasteiger partial charge in [-0.1, -0.05) is 133 Å². The zero-order chi connectivity index (χ0) is 43.4. The Labute approximate surface area is 282 Å². The van der Waals surface area contributed by atoms with Gasteiger partial charge in [-0.3, -0.25) is 0 Å². The highest BCUT2D eigenvalue weighted by molar-refractivity contribution is 6.28. The monoisotopic (exact) mass is 586 g/mol. The van der Waals surface area contributed by atoms with Crippen LogP contribution in [0.1, 0.15) is 21.9 Å². The van der Waals surface area contributed by atoms with Crippen LogP contribution in [0.3, 0.4) is 0 Å². The van der Waals surface area contributed by atoms with E-state index in [1.165, 1.54) is 0 Å². The molecule has 0 aliphatic rings. The van der Waals surface area contributed by atoms with Crippen LogP contribution in [0.25, 0.3) is 98.1 Å². The predicted octanol–water partition coefficient (Wildman–Crippen LogP) is 12.7. The second kappa shape index (κ2) is 9.29. The van der Waals surface area contributed by atoms with Crippen molar-refractivity contribution in [1.82, 2.24) is 0 Å². The van der Waals surface area contributed by atoms with Gasteiger partial charge < -0.3 is 4.42 Å². The minimum absolute atomic E-state index is 0.0720. The van der Waals surface area contributed by atoms with Crippen LogP contribution in [0.15, 0.2) is 162 Å². The minimum atomic E-state index is -0.797. The Morgan fingerprint density at radius 1 is 0.356 bits per heavy atom. The lowest BCUT2D eigenvalue weighted by Gasteiger charge is -2.17. The summed E-state index contributed by atoms with van der Waals surface area (Å²) in [5.41, 5.74) is -1.68. The first-order valence-electron chi connectivity index (χ1n) is 22.2. The molecule has 0 saturated carbocycles. The molecule has 1 heterocycles. The van der Waals surface area contributed by atoms with Gasteiger partial charge >= 0.3 is 0 Å². The molecular weight excluding hydrogens is 544 g/mol. The second-order valence-electron chi connectivity index (χ2n) is 10.8. The maximum Gasteiger partial charge on any atom is 0.136 e. The van der Waals surface area contributed by atoms with Crippen molar-refractivity contribution >= 4 is 75.8 Å². The first-order chi connectivity index (χ1) is 29.0. The minimum Gasteiger partial charge on any atom is -0.456 e. The molecule has 10 aromatic rings. The lowest BCUT2D eigenvalue weighted by Crippen LogP contribution is -1.90. The molecule has 1 nitrogen and oxygen atoms in total. The van der Waals surface area contributed by atoms with E-state index in [0.29, 0.717) is 5.39 Å². The average molecular weight is 587 g/mol. The second-order valence-corrected chi connectivity index (χ2v) is 10.8. The van der Waals surface area contributed by atoms with Crippen LogP contribution >= 0.6 is 0 Å². The molecule has 208 valence electrons. The summed E-state index contributed by atoms with van der Waals surface area (Å²) >= 11 is 0. The van der Waals surface area contributed by atoms with Crippen LogP contribution in [0.4, 0.5) is 0 Å². The molecule has 0 aliphatic carbocycles. The van der Waals surface area contributed by atoms with Gasteiger partial charge in [0.1, 0.15) is 11.2 Å². The molecule has 9 aromatic carbocycles. The van der Waals surface area contributed by atoms with Crippen molar-refractivity contribution in [2.75, 3.05) is 0 Å². The molecule has 1 heteroatoms. The van der Waals surface area contributed by atoms with Gasteiger partial charge in [0, 0.05) is 10.8 Å². The predicted molar refractivity (Wildman–Crippen MR) is 192 cm³/mol. The summed E-state index contributed by atoms with van der Waals surface area (Å²) in [5, 5.41) is 4.06. The summed E-state index contributed by atoms with van der Waals surface area (Å²) in [7, 11) is 0. The smallest absolute Gasteiger partial charge is 0.136 e. The van der Waals surface area contributed by atoms with Crippen LogP contribution in [0.5, 0.6) is 0 Å². The lowest BCUT2D eigenvalue weighted by molar-refractivity contribution is 0.669. The highest BCUT2D eigenvalue weighted by Gasteiger charge is 2.18. The third-order valence-corrected chi connectivity index (χ3v) is 8.48. The summed E-state index contributed by atoms with van der Waals surface area (Å²) in [6.07, 6.45) is 0. The normalized spacial score (nSPS) is 17.0. The van der Waals surface area contributed by atoms with Gasteiger partial charge in [-0.2, -0.15) is 0 Å². The molecule has 0 saturated heterocycles. The quantitative estimate of drug-likeness (QED) is 0.145. The van der Waals surface area contributed by atoms with E-state index in [0.717, 1.165) is 32.3 Å². The molecule has 0 N–H and O–H groups in total. The maximum absolute atomic E-state index is 9.89. The van der Waals surface area contributed by atoms with E-state index in [9.17, 15) is 9.60 Å². The summed E-state index contributed by atoms with van der Waals surface area (Å²) in [6, 6.07) is 7.63. The van der Waals surface area contributed by atoms with Crippen LogP contribution in [0.2, 0.25) is 0 Å². The van der Waals surface area contributed by atoms with Crippen molar-refractivity contribution in [2.24, 2.45) is 0 Å². The molecule has 0 spiro atoms.